The zero-order valence-electron chi connectivity index (χ0n) is 15.4. The first-order valence-electron chi connectivity index (χ1n) is 10.2. The molecule has 2 aliphatic heterocycles. The van der Waals surface area contributed by atoms with Crippen LogP contribution in [0.3, 0.4) is 0 Å². The lowest BCUT2D eigenvalue weighted by molar-refractivity contribution is -0.167. The van der Waals surface area contributed by atoms with Gasteiger partial charge in [0.05, 0.1) is 5.41 Å². The summed E-state index contributed by atoms with van der Waals surface area (Å²) >= 11 is 0. The quantitative estimate of drug-likeness (QED) is 0.692. The maximum absolute atomic E-state index is 12.9. The molecule has 3 fully saturated rings. The molecule has 0 aromatic rings. The summed E-state index contributed by atoms with van der Waals surface area (Å²) in [6.07, 6.45) is 11.7. The molecule has 0 aromatic heterocycles. The minimum Gasteiger partial charge on any atom is -0.341 e. The average Bonchev–Trinajstić information content (AvgIpc) is 2.60. The van der Waals surface area contributed by atoms with Crippen molar-refractivity contribution >= 4 is 5.91 Å². The largest absolute Gasteiger partial charge is 0.341 e. The third-order valence-corrected chi connectivity index (χ3v) is 6.76. The van der Waals surface area contributed by atoms with Crippen LogP contribution in [0.5, 0.6) is 0 Å². The standard InChI is InChI=1S/C20H36N2O/c1-3-17(4-2)13-21-12-8-11-20(15-21)16-22(19(20)23)14-18-9-6-5-7-10-18/h17-18H,3-16H2,1-2H3/t20-/m0/s1. The topological polar surface area (TPSA) is 23.6 Å². The van der Waals surface area contributed by atoms with E-state index < -0.39 is 0 Å². The zero-order chi connectivity index (χ0) is 16.3. The molecule has 3 aliphatic rings. The molecular weight excluding hydrogens is 284 g/mol. The molecule has 0 unspecified atom stereocenters. The van der Waals surface area contributed by atoms with Gasteiger partial charge < -0.3 is 9.80 Å². The number of hydrogen-bond acceptors (Lipinski definition) is 2. The van der Waals surface area contributed by atoms with Crippen LogP contribution in [0.1, 0.15) is 71.6 Å². The molecule has 1 aliphatic carbocycles. The predicted octanol–water partition coefficient (Wildman–Crippen LogP) is 3.93. The van der Waals surface area contributed by atoms with Gasteiger partial charge in [0.25, 0.3) is 0 Å². The Bertz CT molecular complexity index is 400. The number of amides is 1. The van der Waals surface area contributed by atoms with Crippen molar-refractivity contribution in [1.29, 1.82) is 0 Å². The van der Waals surface area contributed by atoms with Gasteiger partial charge in [-0.3, -0.25) is 4.79 Å². The lowest BCUT2D eigenvalue weighted by atomic mass is 9.71. The molecule has 0 bridgehead atoms. The highest BCUT2D eigenvalue weighted by atomic mass is 16.2. The number of β-lactam (4-membered cyclic amide) rings is 1. The third-order valence-electron chi connectivity index (χ3n) is 6.76. The second-order valence-electron chi connectivity index (χ2n) is 8.49. The van der Waals surface area contributed by atoms with E-state index in [-0.39, 0.29) is 5.41 Å². The van der Waals surface area contributed by atoms with Gasteiger partial charge >= 0.3 is 0 Å². The number of carbonyl (C=O) groups excluding carboxylic acids is 1. The van der Waals surface area contributed by atoms with E-state index >= 15 is 0 Å². The Balaban J connectivity index is 1.51. The molecule has 132 valence electrons. The molecule has 3 rings (SSSR count). The summed E-state index contributed by atoms with van der Waals surface area (Å²) in [5.74, 6) is 2.07. The van der Waals surface area contributed by atoms with Crippen LogP contribution in [0.2, 0.25) is 0 Å². The Morgan fingerprint density at radius 2 is 1.83 bits per heavy atom. The fourth-order valence-electron chi connectivity index (χ4n) is 5.18. The molecule has 3 nitrogen and oxygen atoms in total. The van der Waals surface area contributed by atoms with E-state index in [0.717, 1.165) is 37.9 Å². The molecule has 1 spiro atoms. The minimum absolute atomic E-state index is 0.00104. The van der Waals surface area contributed by atoms with E-state index in [4.69, 9.17) is 0 Å². The molecule has 3 heteroatoms. The third kappa shape index (κ3) is 3.75. The Morgan fingerprint density at radius 3 is 2.48 bits per heavy atom. The van der Waals surface area contributed by atoms with E-state index in [1.165, 1.54) is 64.5 Å². The maximum atomic E-state index is 12.9. The summed E-state index contributed by atoms with van der Waals surface area (Å²) in [5.41, 5.74) is -0.00104. The fourth-order valence-corrected chi connectivity index (χ4v) is 5.18. The van der Waals surface area contributed by atoms with Gasteiger partial charge in [-0.1, -0.05) is 46.0 Å². The van der Waals surface area contributed by atoms with Crippen molar-refractivity contribution in [2.75, 3.05) is 32.7 Å². The minimum atomic E-state index is -0.00104. The Kier molecular flexibility index (Phi) is 5.66. The molecule has 0 aromatic carbocycles. The number of rotatable bonds is 6. The highest BCUT2D eigenvalue weighted by molar-refractivity contribution is 5.89. The van der Waals surface area contributed by atoms with Crippen LogP contribution in [0.15, 0.2) is 0 Å². The van der Waals surface area contributed by atoms with Crippen molar-refractivity contribution in [2.24, 2.45) is 17.3 Å². The molecule has 1 amide bonds. The van der Waals surface area contributed by atoms with E-state index in [2.05, 4.69) is 23.6 Å². The summed E-state index contributed by atoms with van der Waals surface area (Å²) in [6, 6.07) is 0. The first kappa shape index (κ1) is 17.3. The van der Waals surface area contributed by atoms with Crippen molar-refractivity contribution in [1.82, 2.24) is 9.80 Å². The summed E-state index contributed by atoms with van der Waals surface area (Å²) in [4.78, 5) is 17.7. The number of nitrogens with zero attached hydrogens (tertiary/aromatic N) is 2. The lowest BCUT2D eigenvalue weighted by Gasteiger charge is -2.54. The normalized spacial score (nSPS) is 30.2. The Labute approximate surface area is 142 Å². The summed E-state index contributed by atoms with van der Waals surface area (Å²) in [7, 11) is 0. The molecule has 0 N–H and O–H groups in total. The lowest BCUT2D eigenvalue weighted by Crippen LogP contribution is -2.67. The monoisotopic (exact) mass is 320 g/mol. The summed E-state index contributed by atoms with van der Waals surface area (Å²) < 4.78 is 0. The molecule has 2 heterocycles. The van der Waals surface area contributed by atoms with Gasteiger partial charge in [-0.2, -0.15) is 0 Å². The van der Waals surface area contributed by atoms with Crippen LogP contribution in [-0.4, -0.2) is 48.4 Å². The SMILES string of the molecule is CCC(CC)CN1CCC[C@]2(C1)CN(CC1CCCCC1)C2=O. The molecule has 1 atom stereocenters. The van der Waals surface area contributed by atoms with Crippen LogP contribution in [-0.2, 0) is 4.79 Å². The number of carbonyl (C=O) groups is 1. The van der Waals surface area contributed by atoms with Crippen molar-refractivity contribution < 1.29 is 4.79 Å². The predicted molar refractivity (Wildman–Crippen MR) is 95.3 cm³/mol. The second kappa shape index (κ2) is 7.55. The van der Waals surface area contributed by atoms with Crippen LogP contribution in [0.4, 0.5) is 0 Å². The van der Waals surface area contributed by atoms with E-state index in [1.807, 2.05) is 0 Å². The van der Waals surface area contributed by atoms with E-state index in [1.54, 1.807) is 0 Å². The van der Waals surface area contributed by atoms with Crippen LogP contribution in [0, 0.1) is 17.3 Å². The van der Waals surface area contributed by atoms with Crippen molar-refractivity contribution in [3.8, 4) is 0 Å². The number of piperidine rings is 1. The molecule has 0 radical (unpaired) electrons. The molecule has 2 saturated heterocycles. The van der Waals surface area contributed by atoms with Gasteiger partial charge in [-0.05, 0) is 44.1 Å². The molecule has 1 saturated carbocycles. The van der Waals surface area contributed by atoms with Gasteiger partial charge in [-0.25, -0.2) is 0 Å². The van der Waals surface area contributed by atoms with Crippen molar-refractivity contribution in [3.05, 3.63) is 0 Å². The first-order chi connectivity index (χ1) is 11.2. The van der Waals surface area contributed by atoms with Crippen LogP contribution < -0.4 is 0 Å². The van der Waals surface area contributed by atoms with Gasteiger partial charge in [0.15, 0.2) is 0 Å². The molecular formula is C20H36N2O. The van der Waals surface area contributed by atoms with E-state index in [0.29, 0.717) is 5.91 Å². The molecule has 23 heavy (non-hydrogen) atoms. The van der Waals surface area contributed by atoms with Gasteiger partial charge in [0.2, 0.25) is 5.91 Å². The van der Waals surface area contributed by atoms with Crippen molar-refractivity contribution in [2.45, 2.75) is 71.6 Å². The highest BCUT2D eigenvalue weighted by Crippen LogP contribution is 2.41. The zero-order valence-corrected chi connectivity index (χ0v) is 15.4. The van der Waals surface area contributed by atoms with Gasteiger partial charge in [0.1, 0.15) is 0 Å². The van der Waals surface area contributed by atoms with Gasteiger partial charge in [-0.15, -0.1) is 0 Å². The number of likely N-dealkylation sites (tertiary alicyclic amines) is 2. The van der Waals surface area contributed by atoms with Gasteiger partial charge in [0, 0.05) is 26.2 Å². The highest BCUT2D eigenvalue weighted by Gasteiger charge is 2.53. The number of hydrogen-bond donors (Lipinski definition) is 0. The van der Waals surface area contributed by atoms with E-state index in [9.17, 15) is 4.79 Å². The Hall–Kier alpha value is -0.570. The smallest absolute Gasteiger partial charge is 0.231 e. The van der Waals surface area contributed by atoms with Crippen LogP contribution >= 0.6 is 0 Å². The Morgan fingerprint density at radius 1 is 1.09 bits per heavy atom. The summed E-state index contributed by atoms with van der Waals surface area (Å²) in [6.45, 7) is 10.1. The van der Waals surface area contributed by atoms with Crippen molar-refractivity contribution in [3.63, 3.8) is 0 Å². The first-order valence-corrected chi connectivity index (χ1v) is 10.2. The van der Waals surface area contributed by atoms with Crippen LogP contribution in [0.25, 0.3) is 0 Å². The fraction of sp³-hybridized carbons (Fsp3) is 0.950. The summed E-state index contributed by atoms with van der Waals surface area (Å²) in [5, 5.41) is 0. The average molecular weight is 321 g/mol. The second-order valence-corrected chi connectivity index (χ2v) is 8.49. The maximum Gasteiger partial charge on any atom is 0.231 e.